The molecule has 0 bridgehead atoms. The van der Waals surface area contributed by atoms with Crippen LogP contribution in [0.25, 0.3) is 0 Å². The summed E-state index contributed by atoms with van der Waals surface area (Å²) in [6, 6.07) is 11.6. The van der Waals surface area contributed by atoms with Crippen molar-refractivity contribution in [1.82, 2.24) is 14.5 Å². The number of hydrogen-bond acceptors (Lipinski definition) is 5. The van der Waals surface area contributed by atoms with Crippen LogP contribution in [0.15, 0.2) is 46.0 Å². The molecule has 0 saturated carbocycles. The predicted octanol–water partition coefficient (Wildman–Crippen LogP) is 2.49. The SMILES string of the molecule is CCc1ccc([C@@H](C)NC(=O)CN2CCN(S(=O)(=O)c3cccs3)CC2)cc1. The third-order valence-electron chi connectivity index (χ3n) is 5.05. The second kappa shape index (κ2) is 9.17. The molecule has 1 aromatic heterocycles. The van der Waals surface area contributed by atoms with E-state index >= 15 is 0 Å². The van der Waals surface area contributed by atoms with Crippen LogP contribution in [0.3, 0.4) is 0 Å². The highest BCUT2D eigenvalue weighted by Crippen LogP contribution is 2.22. The van der Waals surface area contributed by atoms with Crippen molar-refractivity contribution in [2.75, 3.05) is 32.7 Å². The molecule has 0 aliphatic carbocycles. The lowest BCUT2D eigenvalue weighted by molar-refractivity contribution is -0.123. The van der Waals surface area contributed by atoms with E-state index in [4.69, 9.17) is 0 Å². The first-order chi connectivity index (χ1) is 13.4. The van der Waals surface area contributed by atoms with Crippen LogP contribution in [0.1, 0.15) is 31.0 Å². The van der Waals surface area contributed by atoms with Crippen LogP contribution >= 0.6 is 11.3 Å². The van der Waals surface area contributed by atoms with E-state index in [2.05, 4.69) is 36.5 Å². The smallest absolute Gasteiger partial charge is 0.252 e. The fourth-order valence-corrected chi connectivity index (χ4v) is 5.85. The molecule has 1 N–H and O–H groups in total. The maximum absolute atomic E-state index is 12.6. The molecule has 28 heavy (non-hydrogen) atoms. The summed E-state index contributed by atoms with van der Waals surface area (Å²) in [5, 5.41) is 4.80. The van der Waals surface area contributed by atoms with Crippen LogP contribution in [-0.2, 0) is 21.2 Å². The van der Waals surface area contributed by atoms with Gasteiger partial charge < -0.3 is 5.32 Å². The zero-order valence-corrected chi connectivity index (χ0v) is 17.9. The zero-order chi connectivity index (χ0) is 20.1. The number of sulfonamides is 1. The zero-order valence-electron chi connectivity index (χ0n) is 16.3. The number of benzene rings is 1. The molecule has 0 unspecified atom stereocenters. The van der Waals surface area contributed by atoms with E-state index in [9.17, 15) is 13.2 Å². The Labute approximate surface area is 171 Å². The van der Waals surface area contributed by atoms with E-state index in [0.29, 0.717) is 30.4 Å². The first kappa shape index (κ1) is 21.0. The van der Waals surface area contributed by atoms with Gasteiger partial charge in [-0.2, -0.15) is 4.31 Å². The lowest BCUT2D eigenvalue weighted by atomic mass is 10.1. The minimum Gasteiger partial charge on any atom is -0.348 e. The highest BCUT2D eigenvalue weighted by Gasteiger charge is 2.29. The summed E-state index contributed by atoms with van der Waals surface area (Å²) in [5.74, 6) is -0.0402. The Bertz CT molecular complexity index is 872. The van der Waals surface area contributed by atoms with Crippen LogP contribution in [0.4, 0.5) is 0 Å². The Morgan fingerprint density at radius 1 is 1.14 bits per heavy atom. The first-order valence-electron chi connectivity index (χ1n) is 9.54. The van der Waals surface area contributed by atoms with Gasteiger partial charge in [-0.25, -0.2) is 8.42 Å². The highest BCUT2D eigenvalue weighted by molar-refractivity contribution is 7.91. The highest BCUT2D eigenvalue weighted by atomic mass is 32.2. The molecule has 1 atom stereocenters. The van der Waals surface area contributed by atoms with Crippen molar-refractivity contribution in [3.05, 3.63) is 52.9 Å². The molecule has 3 rings (SSSR count). The Kier molecular flexibility index (Phi) is 6.87. The topological polar surface area (TPSA) is 69.7 Å². The van der Waals surface area contributed by atoms with Crippen molar-refractivity contribution in [1.29, 1.82) is 0 Å². The number of piperazine rings is 1. The molecular weight excluding hydrogens is 394 g/mol. The number of thiophene rings is 1. The van der Waals surface area contributed by atoms with Crippen molar-refractivity contribution in [2.24, 2.45) is 0 Å². The van der Waals surface area contributed by atoms with Crippen LogP contribution in [-0.4, -0.2) is 56.3 Å². The van der Waals surface area contributed by atoms with Gasteiger partial charge in [0.1, 0.15) is 4.21 Å². The summed E-state index contributed by atoms with van der Waals surface area (Å²) in [7, 11) is -3.41. The van der Waals surface area contributed by atoms with Gasteiger partial charge in [0, 0.05) is 26.2 Å². The van der Waals surface area contributed by atoms with E-state index in [1.54, 1.807) is 17.5 Å². The summed E-state index contributed by atoms with van der Waals surface area (Å²) in [6.07, 6.45) is 0.995. The molecule has 2 heterocycles. The average molecular weight is 422 g/mol. The maximum Gasteiger partial charge on any atom is 0.252 e. The van der Waals surface area contributed by atoms with E-state index in [1.165, 1.54) is 21.2 Å². The molecule has 6 nitrogen and oxygen atoms in total. The van der Waals surface area contributed by atoms with E-state index in [-0.39, 0.29) is 18.5 Å². The van der Waals surface area contributed by atoms with Crippen molar-refractivity contribution < 1.29 is 13.2 Å². The lowest BCUT2D eigenvalue weighted by Gasteiger charge is -2.33. The van der Waals surface area contributed by atoms with Crippen molar-refractivity contribution in [3.63, 3.8) is 0 Å². The summed E-state index contributed by atoms with van der Waals surface area (Å²) >= 11 is 1.23. The first-order valence-corrected chi connectivity index (χ1v) is 11.9. The van der Waals surface area contributed by atoms with E-state index < -0.39 is 10.0 Å². The summed E-state index contributed by atoms with van der Waals surface area (Å²) in [5.41, 5.74) is 2.36. The Morgan fingerprint density at radius 3 is 2.39 bits per heavy atom. The van der Waals surface area contributed by atoms with Crippen molar-refractivity contribution in [2.45, 2.75) is 30.5 Å². The second-order valence-electron chi connectivity index (χ2n) is 7.00. The third kappa shape index (κ3) is 5.00. The van der Waals surface area contributed by atoms with Gasteiger partial charge in [0.25, 0.3) is 10.0 Å². The molecule has 0 radical (unpaired) electrons. The van der Waals surface area contributed by atoms with Crippen LogP contribution in [0.2, 0.25) is 0 Å². The number of carbonyl (C=O) groups is 1. The lowest BCUT2D eigenvalue weighted by Crippen LogP contribution is -2.51. The summed E-state index contributed by atoms with van der Waals surface area (Å²) < 4.78 is 27.0. The average Bonchev–Trinajstić information content (AvgIpc) is 3.24. The molecule has 1 aliphatic rings. The fourth-order valence-electron chi connectivity index (χ4n) is 3.28. The molecule has 2 aromatic rings. The summed E-state index contributed by atoms with van der Waals surface area (Å²) in [6.45, 7) is 6.29. The number of nitrogens with one attached hydrogen (secondary N) is 1. The van der Waals surface area contributed by atoms with Gasteiger partial charge in [-0.1, -0.05) is 37.3 Å². The van der Waals surface area contributed by atoms with Crippen molar-refractivity contribution in [3.8, 4) is 0 Å². The summed E-state index contributed by atoms with van der Waals surface area (Å²) in [4.78, 5) is 14.4. The number of rotatable bonds is 7. The standard InChI is InChI=1S/C20H27N3O3S2/c1-3-17-6-8-18(9-7-17)16(2)21-19(24)15-22-10-12-23(13-11-22)28(25,26)20-5-4-14-27-20/h4-9,14,16H,3,10-13,15H2,1-2H3,(H,21,24)/t16-/m1/s1. The third-order valence-corrected chi connectivity index (χ3v) is 8.32. The molecule has 1 saturated heterocycles. The monoisotopic (exact) mass is 421 g/mol. The molecular formula is C20H27N3O3S2. The van der Waals surface area contributed by atoms with Gasteiger partial charge in [-0.3, -0.25) is 9.69 Å². The number of aryl methyl sites for hydroxylation is 1. The Balaban J connectivity index is 1.48. The quantitative estimate of drug-likeness (QED) is 0.746. The van der Waals surface area contributed by atoms with Gasteiger partial charge in [-0.05, 0) is 35.9 Å². The molecule has 8 heteroatoms. The molecule has 152 valence electrons. The molecule has 1 aliphatic heterocycles. The molecule has 1 amide bonds. The van der Waals surface area contributed by atoms with E-state index in [0.717, 1.165) is 12.0 Å². The van der Waals surface area contributed by atoms with Gasteiger partial charge in [0.15, 0.2) is 0 Å². The predicted molar refractivity (Wildman–Crippen MR) is 112 cm³/mol. The fraction of sp³-hybridized carbons (Fsp3) is 0.450. The molecule has 0 spiro atoms. The van der Waals surface area contributed by atoms with Gasteiger partial charge in [0.2, 0.25) is 5.91 Å². The normalized spacial score (nSPS) is 17.4. The second-order valence-corrected chi connectivity index (χ2v) is 10.1. The van der Waals surface area contributed by atoms with Crippen molar-refractivity contribution >= 4 is 27.3 Å². The van der Waals surface area contributed by atoms with Gasteiger partial charge in [-0.15, -0.1) is 11.3 Å². The minimum atomic E-state index is -3.41. The number of hydrogen-bond donors (Lipinski definition) is 1. The van der Waals surface area contributed by atoms with Gasteiger partial charge >= 0.3 is 0 Å². The van der Waals surface area contributed by atoms with Gasteiger partial charge in [0.05, 0.1) is 12.6 Å². The minimum absolute atomic E-state index is 0.0402. The number of amides is 1. The maximum atomic E-state index is 12.6. The van der Waals surface area contributed by atoms with Crippen LogP contribution in [0, 0.1) is 0 Å². The molecule has 1 aromatic carbocycles. The largest absolute Gasteiger partial charge is 0.348 e. The van der Waals surface area contributed by atoms with E-state index in [1.807, 2.05) is 11.8 Å². The Hall–Kier alpha value is -1.74. The van der Waals surface area contributed by atoms with Crippen LogP contribution in [0.5, 0.6) is 0 Å². The number of carbonyl (C=O) groups excluding carboxylic acids is 1. The number of nitrogens with zero attached hydrogens (tertiary/aromatic N) is 2. The molecule has 1 fully saturated rings. The van der Waals surface area contributed by atoms with Crippen LogP contribution < -0.4 is 5.32 Å². The Morgan fingerprint density at radius 2 is 1.82 bits per heavy atom.